The minimum Gasteiger partial charge on any atom is -0.468 e. The SMILES string of the molecule is COC(=O)Cn1c(=NC(=O)CCC2CCCC2)sc2ccccc21. The van der Waals surface area contributed by atoms with Crippen molar-refractivity contribution in [1.29, 1.82) is 0 Å². The molecular formula is C18H22N2O3S. The Morgan fingerprint density at radius 1 is 1.29 bits per heavy atom. The third-order valence-electron chi connectivity index (χ3n) is 4.56. The molecule has 0 aliphatic heterocycles. The molecule has 0 unspecified atom stereocenters. The summed E-state index contributed by atoms with van der Waals surface area (Å²) in [6.07, 6.45) is 6.44. The number of carbonyl (C=O) groups excluding carboxylic acids is 2. The van der Waals surface area contributed by atoms with Crippen molar-refractivity contribution in [1.82, 2.24) is 4.57 Å². The molecule has 1 aromatic heterocycles. The predicted octanol–water partition coefficient (Wildman–Crippen LogP) is 3.27. The van der Waals surface area contributed by atoms with E-state index in [-0.39, 0.29) is 18.4 Å². The van der Waals surface area contributed by atoms with Gasteiger partial charge in [-0.2, -0.15) is 4.99 Å². The fourth-order valence-electron chi connectivity index (χ4n) is 3.24. The number of aromatic nitrogens is 1. The number of amides is 1. The Morgan fingerprint density at radius 3 is 2.79 bits per heavy atom. The van der Waals surface area contributed by atoms with Crippen LogP contribution in [0.3, 0.4) is 0 Å². The largest absolute Gasteiger partial charge is 0.468 e. The summed E-state index contributed by atoms with van der Waals surface area (Å²) < 4.78 is 7.53. The molecule has 2 aromatic rings. The summed E-state index contributed by atoms with van der Waals surface area (Å²) in [6, 6.07) is 7.74. The molecular weight excluding hydrogens is 324 g/mol. The third-order valence-corrected chi connectivity index (χ3v) is 5.62. The second kappa shape index (κ2) is 7.75. The number of hydrogen-bond acceptors (Lipinski definition) is 4. The molecule has 24 heavy (non-hydrogen) atoms. The molecule has 0 N–H and O–H groups in total. The first-order chi connectivity index (χ1) is 11.7. The number of fused-ring (bicyclic) bond motifs is 1. The maximum absolute atomic E-state index is 12.3. The quantitative estimate of drug-likeness (QED) is 0.781. The van der Waals surface area contributed by atoms with Gasteiger partial charge in [0.2, 0.25) is 5.91 Å². The van der Waals surface area contributed by atoms with Crippen molar-refractivity contribution in [3.05, 3.63) is 29.1 Å². The van der Waals surface area contributed by atoms with E-state index in [0.29, 0.717) is 17.1 Å². The van der Waals surface area contributed by atoms with Gasteiger partial charge in [0.25, 0.3) is 0 Å². The van der Waals surface area contributed by atoms with Crippen LogP contribution in [0.4, 0.5) is 0 Å². The molecule has 0 radical (unpaired) electrons. The van der Waals surface area contributed by atoms with Gasteiger partial charge in [0.05, 0.1) is 17.3 Å². The molecule has 5 nitrogen and oxygen atoms in total. The van der Waals surface area contributed by atoms with Crippen LogP contribution in [0.5, 0.6) is 0 Å². The molecule has 0 spiro atoms. The molecule has 1 aromatic carbocycles. The fraction of sp³-hybridized carbons (Fsp3) is 0.500. The highest BCUT2D eigenvalue weighted by atomic mass is 32.1. The zero-order valence-electron chi connectivity index (χ0n) is 13.9. The van der Waals surface area contributed by atoms with Gasteiger partial charge >= 0.3 is 5.97 Å². The van der Waals surface area contributed by atoms with Crippen molar-refractivity contribution in [2.24, 2.45) is 10.9 Å². The van der Waals surface area contributed by atoms with Crippen LogP contribution in [0, 0.1) is 5.92 Å². The molecule has 1 saturated carbocycles. The fourth-order valence-corrected chi connectivity index (χ4v) is 4.29. The van der Waals surface area contributed by atoms with Crippen LogP contribution in [0.15, 0.2) is 29.3 Å². The average Bonchev–Trinajstić information content (AvgIpc) is 3.21. The van der Waals surface area contributed by atoms with Gasteiger partial charge in [0, 0.05) is 6.42 Å². The van der Waals surface area contributed by atoms with Crippen LogP contribution < -0.4 is 4.80 Å². The van der Waals surface area contributed by atoms with Gasteiger partial charge < -0.3 is 9.30 Å². The van der Waals surface area contributed by atoms with E-state index in [9.17, 15) is 9.59 Å². The molecule has 1 aliphatic carbocycles. The summed E-state index contributed by atoms with van der Waals surface area (Å²) in [7, 11) is 1.36. The molecule has 0 bridgehead atoms. The van der Waals surface area contributed by atoms with E-state index in [1.54, 1.807) is 4.57 Å². The van der Waals surface area contributed by atoms with E-state index in [4.69, 9.17) is 4.74 Å². The minimum atomic E-state index is -0.349. The highest BCUT2D eigenvalue weighted by molar-refractivity contribution is 7.16. The number of hydrogen-bond donors (Lipinski definition) is 0. The molecule has 128 valence electrons. The second-order valence-corrected chi connectivity index (χ2v) is 7.22. The van der Waals surface area contributed by atoms with Gasteiger partial charge in [-0.05, 0) is 24.5 Å². The summed E-state index contributed by atoms with van der Waals surface area (Å²) >= 11 is 1.43. The Morgan fingerprint density at radius 2 is 2.04 bits per heavy atom. The zero-order valence-corrected chi connectivity index (χ0v) is 14.7. The van der Waals surface area contributed by atoms with Crippen LogP contribution in [-0.2, 0) is 20.9 Å². The lowest BCUT2D eigenvalue weighted by Gasteiger charge is -2.06. The summed E-state index contributed by atoms with van der Waals surface area (Å²) in [5.74, 6) is 0.222. The number of esters is 1. The molecule has 6 heteroatoms. The Labute approximate surface area is 145 Å². The molecule has 0 atom stereocenters. The highest BCUT2D eigenvalue weighted by Crippen LogP contribution is 2.28. The number of thiazole rings is 1. The Kier molecular flexibility index (Phi) is 5.45. The van der Waals surface area contributed by atoms with Crippen molar-refractivity contribution in [3.63, 3.8) is 0 Å². The topological polar surface area (TPSA) is 60.7 Å². The van der Waals surface area contributed by atoms with Crippen LogP contribution >= 0.6 is 11.3 Å². The number of rotatable bonds is 5. The van der Waals surface area contributed by atoms with Gasteiger partial charge in [0.1, 0.15) is 6.54 Å². The normalized spacial score (nSPS) is 16.0. The van der Waals surface area contributed by atoms with E-state index in [1.165, 1.54) is 44.1 Å². The lowest BCUT2D eigenvalue weighted by molar-refractivity contribution is -0.141. The summed E-state index contributed by atoms with van der Waals surface area (Å²) in [5.41, 5.74) is 0.898. The van der Waals surface area contributed by atoms with Crippen molar-refractivity contribution in [2.75, 3.05) is 7.11 Å². The number of methoxy groups -OCH3 is 1. The molecule has 3 rings (SSSR count). The molecule has 1 aliphatic rings. The molecule has 0 saturated heterocycles. The first kappa shape index (κ1) is 16.9. The summed E-state index contributed by atoms with van der Waals surface area (Å²) in [4.78, 5) is 28.8. The van der Waals surface area contributed by atoms with Gasteiger partial charge in [-0.25, -0.2) is 0 Å². The van der Waals surface area contributed by atoms with Gasteiger partial charge in [-0.3, -0.25) is 9.59 Å². The predicted molar refractivity (Wildman–Crippen MR) is 93.6 cm³/mol. The lowest BCUT2D eigenvalue weighted by atomic mass is 10.0. The van der Waals surface area contributed by atoms with Crippen molar-refractivity contribution < 1.29 is 14.3 Å². The molecule has 1 fully saturated rings. The van der Waals surface area contributed by atoms with Crippen LogP contribution in [-0.4, -0.2) is 23.6 Å². The maximum atomic E-state index is 12.3. The number of nitrogens with zero attached hydrogens (tertiary/aromatic N) is 2. The summed E-state index contributed by atoms with van der Waals surface area (Å²) in [6.45, 7) is 0.0647. The average molecular weight is 346 g/mol. The first-order valence-electron chi connectivity index (χ1n) is 8.40. The number of para-hydroxylation sites is 1. The molecule has 1 heterocycles. The van der Waals surface area contributed by atoms with Crippen LogP contribution in [0.25, 0.3) is 10.2 Å². The zero-order chi connectivity index (χ0) is 16.9. The van der Waals surface area contributed by atoms with Crippen molar-refractivity contribution >= 4 is 33.4 Å². The highest BCUT2D eigenvalue weighted by Gasteiger charge is 2.16. The van der Waals surface area contributed by atoms with E-state index in [2.05, 4.69) is 4.99 Å². The van der Waals surface area contributed by atoms with E-state index < -0.39 is 0 Å². The molecule has 1 amide bonds. The van der Waals surface area contributed by atoms with Gasteiger partial charge in [-0.1, -0.05) is 49.2 Å². The number of ether oxygens (including phenoxy) is 1. The Balaban J connectivity index is 1.84. The second-order valence-electron chi connectivity index (χ2n) is 6.21. The van der Waals surface area contributed by atoms with Crippen molar-refractivity contribution in [2.45, 2.75) is 45.1 Å². The van der Waals surface area contributed by atoms with E-state index >= 15 is 0 Å². The van der Waals surface area contributed by atoms with E-state index in [0.717, 1.165) is 16.6 Å². The van der Waals surface area contributed by atoms with Crippen molar-refractivity contribution in [3.8, 4) is 0 Å². The smallest absolute Gasteiger partial charge is 0.325 e. The van der Waals surface area contributed by atoms with Gasteiger partial charge in [-0.15, -0.1) is 0 Å². The van der Waals surface area contributed by atoms with Gasteiger partial charge in [0.15, 0.2) is 4.80 Å². The minimum absolute atomic E-state index is 0.0647. The first-order valence-corrected chi connectivity index (χ1v) is 9.22. The maximum Gasteiger partial charge on any atom is 0.325 e. The standard InChI is InChI=1S/C18H22N2O3S/c1-23-17(22)12-20-14-8-4-5-9-15(14)24-18(20)19-16(21)11-10-13-6-2-3-7-13/h4-5,8-9,13H,2-3,6-7,10-12H2,1H3. The summed E-state index contributed by atoms with van der Waals surface area (Å²) in [5, 5.41) is 0. The third kappa shape index (κ3) is 3.93. The van der Waals surface area contributed by atoms with E-state index in [1.807, 2.05) is 24.3 Å². The monoisotopic (exact) mass is 346 g/mol. The van der Waals surface area contributed by atoms with Crippen LogP contribution in [0.2, 0.25) is 0 Å². The Bertz CT molecular complexity index is 800. The number of carbonyl (C=O) groups is 2. The van der Waals surface area contributed by atoms with Crippen LogP contribution in [0.1, 0.15) is 38.5 Å². The number of benzene rings is 1. The Hall–Kier alpha value is -1.95. The lowest BCUT2D eigenvalue weighted by Crippen LogP contribution is -2.22.